The summed E-state index contributed by atoms with van der Waals surface area (Å²) < 4.78 is 48.9. The molecule has 1 aromatic carbocycles. The molecule has 0 aromatic heterocycles. The Labute approximate surface area is 158 Å². The fourth-order valence-electron chi connectivity index (χ4n) is 2.95. The zero-order valence-electron chi connectivity index (χ0n) is 14.4. The molecule has 26 heavy (non-hydrogen) atoms. The second kappa shape index (κ2) is 9.48. The predicted molar refractivity (Wildman–Crippen MR) is 99.6 cm³/mol. The summed E-state index contributed by atoms with van der Waals surface area (Å²) in [6, 6.07) is 3.51. The molecule has 1 aliphatic carbocycles. The van der Waals surface area contributed by atoms with Crippen molar-refractivity contribution in [3.63, 3.8) is 0 Å². The van der Waals surface area contributed by atoms with Crippen LogP contribution in [0.4, 0.5) is 20.2 Å². The van der Waals surface area contributed by atoms with E-state index in [0.717, 1.165) is 25.0 Å². The fraction of sp³-hybridized carbons (Fsp3) is 0.562. The molecule has 0 heterocycles. The van der Waals surface area contributed by atoms with E-state index in [4.69, 9.17) is 5.73 Å². The van der Waals surface area contributed by atoms with Gasteiger partial charge in [-0.1, -0.05) is 6.42 Å². The van der Waals surface area contributed by atoms with Gasteiger partial charge in [0.25, 0.3) is 0 Å². The highest BCUT2D eigenvalue weighted by atomic mass is 35.5. The Kier molecular flexibility index (Phi) is 8.23. The molecular weight excluding hydrogens is 388 g/mol. The Bertz CT molecular complexity index is 731. The molecule has 10 heteroatoms. The van der Waals surface area contributed by atoms with E-state index in [1.54, 1.807) is 0 Å². The highest BCUT2D eigenvalue weighted by Gasteiger charge is 2.29. The number of hydrogen-bond donors (Lipinski definition) is 3. The number of sulfone groups is 1. The average molecular weight is 412 g/mol. The number of carbonyl (C=O) groups is 1. The van der Waals surface area contributed by atoms with Gasteiger partial charge in [-0.2, -0.15) is 8.78 Å². The van der Waals surface area contributed by atoms with Gasteiger partial charge in [0.2, 0.25) is 15.7 Å². The van der Waals surface area contributed by atoms with Crippen molar-refractivity contribution in [3.8, 4) is 0 Å². The van der Waals surface area contributed by atoms with Crippen LogP contribution in [0.15, 0.2) is 23.1 Å². The summed E-state index contributed by atoms with van der Waals surface area (Å²) in [5.41, 5.74) is 6.54. The third-order valence-electron chi connectivity index (χ3n) is 4.26. The first-order chi connectivity index (χ1) is 11.8. The van der Waals surface area contributed by atoms with E-state index in [-0.39, 0.29) is 36.0 Å². The Morgan fingerprint density at radius 3 is 2.58 bits per heavy atom. The molecule has 1 saturated carbocycles. The Balaban J connectivity index is 0.00000338. The van der Waals surface area contributed by atoms with E-state index in [1.807, 2.05) is 6.92 Å². The molecule has 1 aliphatic rings. The lowest BCUT2D eigenvalue weighted by molar-refractivity contribution is -0.120. The van der Waals surface area contributed by atoms with Gasteiger partial charge < -0.3 is 16.4 Å². The van der Waals surface area contributed by atoms with Gasteiger partial charge in [-0.15, -0.1) is 12.4 Å². The summed E-state index contributed by atoms with van der Waals surface area (Å²) in [5, 5.41) is 5.65. The molecule has 0 bridgehead atoms. The number of alkyl halides is 2. The van der Waals surface area contributed by atoms with Crippen molar-refractivity contribution in [2.45, 2.75) is 49.3 Å². The summed E-state index contributed by atoms with van der Waals surface area (Å²) in [7, 11) is -4.73. The molecule has 2 atom stereocenters. The molecule has 4 N–H and O–H groups in total. The van der Waals surface area contributed by atoms with Gasteiger partial charge >= 0.3 is 5.76 Å². The van der Waals surface area contributed by atoms with Crippen LogP contribution in [-0.4, -0.2) is 32.7 Å². The van der Waals surface area contributed by atoms with Gasteiger partial charge in [0.1, 0.15) is 0 Å². The Hall–Kier alpha value is -1.45. The smallest absolute Gasteiger partial charge is 0.341 e. The molecule has 2 unspecified atom stereocenters. The van der Waals surface area contributed by atoms with Crippen LogP contribution in [0.3, 0.4) is 0 Å². The highest BCUT2D eigenvalue weighted by molar-refractivity contribution is 7.91. The van der Waals surface area contributed by atoms with Crippen molar-refractivity contribution in [3.05, 3.63) is 18.2 Å². The van der Waals surface area contributed by atoms with Gasteiger partial charge in [0.15, 0.2) is 0 Å². The summed E-state index contributed by atoms with van der Waals surface area (Å²) >= 11 is 0. The van der Waals surface area contributed by atoms with Crippen LogP contribution in [-0.2, 0) is 14.6 Å². The van der Waals surface area contributed by atoms with Crippen molar-refractivity contribution in [1.29, 1.82) is 0 Å². The number of nitrogens with two attached hydrogens (primary N) is 1. The molecule has 1 aromatic rings. The Morgan fingerprint density at radius 1 is 1.31 bits per heavy atom. The molecule has 0 spiro atoms. The number of nitrogens with one attached hydrogen (secondary N) is 2. The van der Waals surface area contributed by atoms with Crippen LogP contribution in [0, 0.1) is 5.92 Å². The van der Waals surface area contributed by atoms with Crippen LogP contribution >= 0.6 is 12.4 Å². The second-order valence-corrected chi connectivity index (χ2v) is 8.07. The first kappa shape index (κ1) is 22.6. The van der Waals surface area contributed by atoms with Gasteiger partial charge in [-0.25, -0.2) is 8.42 Å². The van der Waals surface area contributed by atoms with Gasteiger partial charge in [-0.05, 0) is 44.4 Å². The maximum Gasteiger partial charge on any atom is 0.341 e. The molecule has 2 rings (SSSR count). The van der Waals surface area contributed by atoms with Gasteiger partial charge in [0.05, 0.1) is 16.3 Å². The molecule has 6 nitrogen and oxygen atoms in total. The molecule has 0 saturated heterocycles. The summed E-state index contributed by atoms with van der Waals surface area (Å²) in [4.78, 5) is 11.9. The average Bonchev–Trinajstić information content (AvgIpc) is 2.56. The minimum atomic E-state index is -4.73. The number of carbonyl (C=O) groups excluding carboxylic acids is 1. The Morgan fingerprint density at radius 2 is 2.00 bits per heavy atom. The summed E-state index contributed by atoms with van der Waals surface area (Å²) in [5.74, 6) is -4.06. The monoisotopic (exact) mass is 411 g/mol. The first-order valence-electron chi connectivity index (χ1n) is 8.22. The normalized spacial score (nSPS) is 20.3. The lowest BCUT2D eigenvalue weighted by Gasteiger charge is -2.26. The van der Waals surface area contributed by atoms with E-state index in [9.17, 15) is 22.0 Å². The maximum atomic E-state index is 12.8. The van der Waals surface area contributed by atoms with Crippen molar-refractivity contribution in [2.75, 3.05) is 17.2 Å². The van der Waals surface area contributed by atoms with Crippen LogP contribution in [0.25, 0.3) is 0 Å². The molecule has 1 fully saturated rings. The molecule has 0 radical (unpaired) electrons. The standard InChI is InChI=1S/C16H23F2N3O3S.ClH/c1-2-20-13-7-6-12(25(23,24)16(17)18)9-14(13)21-15(22)10-4-3-5-11(19)8-10;/h6-7,9-11,16,20H,2-5,8,19H2,1H3,(H,21,22);1H. The van der Waals surface area contributed by atoms with E-state index in [0.29, 0.717) is 25.1 Å². The zero-order chi connectivity index (χ0) is 18.6. The molecule has 148 valence electrons. The number of anilines is 2. The minimum absolute atomic E-state index is 0. The fourth-order valence-corrected chi connectivity index (χ4v) is 3.70. The number of rotatable bonds is 6. The van der Waals surface area contributed by atoms with Crippen molar-refractivity contribution >= 4 is 39.5 Å². The maximum absolute atomic E-state index is 12.8. The number of hydrogen-bond acceptors (Lipinski definition) is 5. The van der Waals surface area contributed by atoms with Gasteiger partial charge in [-0.3, -0.25) is 4.79 Å². The third-order valence-corrected chi connectivity index (χ3v) is 5.64. The highest BCUT2D eigenvalue weighted by Crippen LogP contribution is 2.30. The lowest BCUT2D eigenvalue weighted by Crippen LogP contribution is -2.34. The van der Waals surface area contributed by atoms with E-state index in [1.165, 1.54) is 6.07 Å². The zero-order valence-corrected chi connectivity index (χ0v) is 16.0. The second-order valence-electron chi connectivity index (χ2n) is 6.16. The molecule has 1 amide bonds. The number of amides is 1. The largest absolute Gasteiger partial charge is 0.384 e. The van der Waals surface area contributed by atoms with Crippen molar-refractivity contribution in [2.24, 2.45) is 11.7 Å². The first-order valence-corrected chi connectivity index (χ1v) is 9.76. The minimum Gasteiger partial charge on any atom is -0.384 e. The van der Waals surface area contributed by atoms with E-state index in [2.05, 4.69) is 10.6 Å². The number of benzene rings is 1. The van der Waals surface area contributed by atoms with E-state index >= 15 is 0 Å². The van der Waals surface area contributed by atoms with Crippen LogP contribution in [0.5, 0.6) is 0 Å². The van der Waals surface area contributed by atoms with Crippen molar-refractivity contribution < 1.29 is 22.0 Å². The SMILES string of the molecule is CCNc1ccc(S(=O)(=O)C(F)F)cc1NC(=O)C1CCCC(N)C1.Cl. The predicted octanol–water partition coefficient (Wildman–Crippen LogP) is 2.99. The topological polar surface area (TPSA) is 101 Å². The van der Waals surface area contributed by atoms with Crippen molar-refractivity contribution in [1.82, 2.24) is 0 Å². The van der Waals surface area contributed by atoms with E-state index < -0.39 is 20.5 Å². The van der Waals surface area contributed by atoms with Crippen LogP contribution in [0.1, 0.15) is 32.6 Å². The summed E-state index contributed by atoms with van der Waals surface area (Å²) in [6.45, 7) is 2.35. The third kappa shape index (κ3) is 5.28. The van der Waals surface area contributed by atoms with Gasteiger partial charge in [0, 0.05) is 18.5 Å². The molecular formula is C16H24ClF2N3O3S. The molecule has 0 aliphatic heterocycles. The quantitative estimate of drug-likeness (QED) is 0.668. The summed E-state index contributed by atoms with van der Waals surface area (Å²) in [6.07, 6.45) is 2.97. The number of halogens is 3. The van der Waals surface area contributed by atoms with Crippen LogP contribution < -0.4 is 16.4 Å². The lowest BCUT2D eigenvalue weighted by atomic mass is 9.85. The van der Waals surface area contributed by atoms with Crippen LogP contribution in [0.2, 0.25) is 0 Å².